The van der Waals surface area contributed by atoms with E-state index in [1.165, 1.54) is 31.5 Å². The van der Waals surface area contributed by atoms with E-state index in [-0.39, 0.29) is 28.6 Å². The summed E-state index contributed by atoms with van der Waals surface area (Å²) in [4.78, 5) is 3.96. The lowest BCUT2D eigenvalue weighted by Crippen LogP contribution is -2.34. The van der Waals surface area contributed by atoms with Crippen molar-refractivity contribution in [3.63, 3.8) is 0 Å². The molecule has 2 heterocycles. The molecule has 0 amide bonds. The van der Waals surface area contributed by atoms with Gasteiger partial charge in [0.2, 0.25) is 5.88 Å². The van der Waals surface area contributed by atoms with Gasteiger partial charge in [-0.05, 0) is 17.2 Å². The Morgan fingerprint density at radius 1 is 1.29 bits per heavy atom. The summed E-state index contributed by atoms with van der Waals surface area (Å²) in [5.41, 5.74) is 0.869. The average Bonchev–Trinajstić information content (AvgIpc) is 2.51. The highest BCUT2D eigenvalue weighted by molar-refractivity contribution is 6.31. The van der Waals surface area contributed by atoms with Crippen molar-refractivity contribution in [1.82, 2.24) is 4.98 Å². The minimum Gasteiger partial charge on any atom is -0.481 e. The van der Waals surface area contributed by atoms with Crippen LogP contribution in [0.5, 0.6) is 5.88 Å². The highest BCUT2D eigenvalue weighted by Gasteiger charge is 2.42. The highest BCUT2D eigenvalue weighted by atomic mass is 35.5. The largest absolute Gasteiger partial charge is 0.481 e. The summed E-state index contributed by atoms with van der Waals surface area (Å²) in [6.45, 7) is -0.345. The van der Waals surface area contributed by atoms with Crippen molar-refractivity contribution in [3.05, 3.63) is 46.4 Å². The number of halogens is 5. The third kappa shape index (κ3) is 3.06. The molecule has 0 fully saturated rings. The number of fused-ring (bicyclic) bond motifs is 3. The van der Waals surface area contributed by atoms with E-state index in [2.05, 4.69) is 4.98 Å². The van der Waals surface area contributed by atoms with Crippen LogP contribution in [-0.2, 0) is 17.8 Å². The molecule has 24 heavy (non-hydrogen) atoms. The van der Waals surface area contributed by atoms with E-state index in [4.69, 9.17) is 21.1 Å². The van der Waals surface area contributed by atoms with Gasteiger partial charge in [-0.3, -0.25) is 0 Å². The first-order chi connectivity index (χ1) is 11.3. The first-order valence-corrected chi connectivity index (χ1v) is 7.37. The Balaban J connectivity index is 2.23. The summed E-state index contributed by atoms with van der Waals surface area (Å²) < 4.78 is 64.1. The van der Waals surface area contributed by atoms with Crippen molar-refractivity contribution in [3.8, 4) is 17.0 Å². The van der Waals surface area contributed by atoms with Crippen LogP contribution in [0.25, 0.3) is 11.1 Å². The van der Waals surface area contributed by atoms with Crippen LogP contribution < -0.4 is 4.74 Å². The molecule has 1 atom stereocenters. The molecule has 8 heteroatoms. The van der Waals surface area contributed by atoms with E-state index >= 15 is 0 Å². The van der Waals surface area contributed by atoms with Gasteiger partial charge in [-0.25, -0.2) is 9.37 Å². The monoisotopic (exact) mass is 361 g/mol. The van der Waals surface area contributed by atoms with Crippen LogP contribution >= 0.6 is 11.6 Å². The van der Waals surface area contributed by atoms with E-state index in [0.29, 0.717) is 11.1 Å². The maximum absolute atomic E-state index is 14.6. The number of pyridine rings is 1. The Morgan fingerprint density at radius 3 is 2.71 bits per heavy atom. The van der Waals surface area contributed by atoms with Crippen LogP contribution in [0.1, 0.15) is 11.1 Å². The molecule has 128 valence electrons. The molecule has 2 aromatic rings. The predicted octanol–water partition coefficient (Wildman–Crippen LogP) is 4.55. The summed E-state index contributed by atoms with van der Waals surface area (Å²) in [7, 11) is 1.39. The van der Waals surface area contributed by atoms with E-state index < -0.39 is 24.5 Å². The number of alkyl halides is 3. The van der Waals surface area contributed by atoms with Crippen molar-refractivity contribution >= 4 is 11.6 Å². The van der Waals surface area contributed by atoms with Crippen molar-refractivity contribution < 1.29 is 27.0 Å². The molecular weight excluding hydrogens is 350 g/mol. The zero-order valence-electron chi connectivity index (χ0n) is 12.5. The number of methoxy groups -OCH3 is 1. The minimum atomic E-state index is -4.56. The maximum atomic E-state index is 14.6. The summed E-state index contributed by atoms with van der Waals surface area (Å²) in [6, 6.07) is 4.08. The topological polar surface area (TPSA) is 31.4 Å². The van der Waals surface area contributed by atoms with E-state index in [9.17, 15) is 17.6 Å². The Hall–Kier alpha value is -1.86. The predicted molar refractivity (Wildman–Crippen MR) is 79.5 cm³/mol. The molecule has 3 rings (SSSR count). The third-order valence-electron chi connectivity index (χ3n) is 3.83. The third-order valence-corrected chi connectivity index (χ3v) is 4.12. The number of hydrogen-bond acceptors (Lipinski definition) is 3. The summed E-state index contributed by atoms with van der Waals surface area (Å²) in [5, 5.41) is -0.166. The lowest BCUT2D eigenvalue weighted by atomic mass is 9.92. The van der Waals surface area contributed by atoms with Crippen LogP contribution in [0, 0.1) is 5.82 Å². The van der Waals surface area contributed by atoms with Crippen molar-refractivity contribution in [1.29, 1.82) is 0 Å². The normalized spacial score (nSPS) is 17.5. The van der Waals surface area contributed by atoms with Gasteiger partial charge in [0.1, 0.15) is 5.82 Å². The highest BCUT2D eigenvalue weighted by Crippen LogP contribution is 2.39. The van der Waals surface area contributed by atoms with Crippen LogP contribution in [0.15, 0.2) is 24.4 Å². The lowest BCUT2D eigenvalue weighted by Gasteiger charge is -2.26. The van der Waals surface area contributed by atoms with Crippen LogP contribution in [0.3, 0.4) is 0 Å². The molecule has 1 aliphatic heterocycles. The minimum absolute atomic E-state index is 0.0238. The van der Waals surface area contributed by atoms with Gasteiger partial charge >= 0.3 is 6.18 Å². The van der Waals surface area contributed by atoms with Crippen LogP contribution in [0.2, 0.25) is 5.02 Å². The van der Waals surface area contributed by atoms with Gasteiger partial charge in [-0.1, -0.05) is 17.7 Å². The fraction of sp³-hybridized carbons (Fsp3) is 0.312. The van der Waals surface area contributed by atoms with Crippen LogP contribution in [0.4, 0.5) is 17.6 Å². The molecule has 0 aliphatic carbocycles. The fourth-order valence-corrected chi connectivity index (χ4v) is 2.79. The Labute approximate surface area is 140 Å². The molecule has 0 radical (unpaired) electrons. The molecule has 1 aromatic carbocycles. The van der Waals surface area contributed by atoms with Crippen LogP contribution in [-0.4, -0.2) is 24.4 Å². The van der Waals surface area contributed by atoms with Gasteiger partial charge < -0.3 is 9.47 Å². The zero-order chi connectivity index (χ0) is 17.5. The Morgan fingerprint density at radius 2 is 2.04 bits per heavy atom. The molecule has 0 saturated heterocycles. The SMILES string of the molecule is COc1cc2c(cn1)COC(C(F)(F)F)Cc1ccc(Cl)c(F)c1-2. The van der Waals surface area contributed by atoms with Crippen molar-refractivity contribution in [2.75, 3.05) is 7.11 Å². The van der Waals surface area contributed by atoms with Gasteiger partial charge in [0.15, 0.2) is 6.10 Å². The summed E-state index contributed by atoms with van der Waals surface area (Å²) in [5.74, 6) is -0.557. The molecule has 0 bridgehead atoms. The molecule has 0 spiro atoms. The summed E-state index contributed by atoms with van der Waals surface area (Å²) >= 11 is 5.83. The molecular formula is C16H12ClF4NO2. The van der Waals surface area contributed by atoms with E-state index in [1.807, 2.05) is 0 Å². The number of ether oxygens (including phenoxy) is 2. The second-order valence-electron chi connectivity index (χ2n) is 5.32. The first kappa shape index (κ1) is 17.0. The van der Waals surface area contributed by atoms with Gasteiger partial charge in [0, 0.05) is 29.8 Å². The molecule has 1 aliphatic rings. The van der Waals surface area contributed by atoms with Gasteiger partial charge in [-0.15, -0.1) is 0 Å². The smallest absolute Gasteiger partial charge is 0.414 e. The van der Waals surface area contributed by atoms with E-state index in [0.717, 1.165) is 0 Å². The average molecular weight is 362 g/mol. The van der Waals surface area contributed by atoms with Crippen molar-refractivity contribution in [2.24, 2.45) is 0 Å². The maximum Gasteiger partial charge on any atom is 0.414 e. The lowest BCUT2D eigenvalue weighted by molar-refractivity contribution is -0.223. The quantitative estimate of drug-likeness (QED) is 0.698. The Kier molecular flexibility index (Phi) is 4.40. The van der Waals surface area contributed by atoms with Crippen molar-refractivity contribution in [2.45, 2.75) is 25.3 Å². The molecule has 1 unspecified atom stereocenters. The summed E-state index contributed by atoms with van der Waals surface area (Å²) in [6.07, 6.45) is -5.79. The molecule has 3 nitrogen and oxygen atoms in total. The van der Waals surface area contributed by atoms with Gasteiger partial charge in [0.05, 0.1) is 18.7 Å². The fourth-order valence-electron chi connectivity index (χ4n) is 2.64. The standard InChI is InChI=1S/C16H12ClF4NO2/c1-23-13-5-10-9(6-22-13)7-24-12(16(19,20)21)4-8-2-3-11(17)15(18)14(8)10/h2-3,5-6,12H,4,7H2,1H3. The number of aromatic nitrogens is 1. The number of benzene rings is 1. The molecule has 1 aromatic heterocycles. The van der Waals surface area contributed by atoms with Gasteiger partial charge in [0.25, 0.3) is 0 Å². The number of hydrogen-bond donors (Lipinski definition) is 0. The molecule has 0 N–H and O–H groups in total. The second kappa shape index (κ2) is 6.22. The second-order valence-corrected chi connectivity index (χ2v) is 5.73. The molecule has 0 saturated carbocycles. The number of rotatable bonds is 1. The number of nitrogens with zero attached hydrogens (tertiary/aromatic N) is 1. The van der Waals surface area contributed by atoms with E-state index in [1.54, 1.807) is 0 Å². The first-order valence-electron chi connectivity index (χ1n) is 6.99. The Bertz CT molecular complexity index is 779. The zero-order valence-corrected chi connectivity index (χ0v) is 13.2. The van der Waals surface area contributed by atoms with Gasteiger partial charge in [-0.2, -0.15) is 13.2 Å².